The summed E-state index contributed by atoms with van der Waals surface area (Å²) in [6.07, 6.45) is 1.88. The van der Waals surface area contributed by atoms with Crippen LogP contribution in [0, 0.1) is 12.3 Å². The summed E-state index contributed by atoms with van der Waals surface area (Å²) in [5.74, 6) is 0.425. The van der Waals surface area contributed by atoms with E-state index in [9.17, 15) is 9.90 Å². The Bertz CT molecular complexity index is 601. The van der Waals surface area contributed by atoms with E-state index in [2.05, 4.69) is 43.1 Å². The SMILES string of the molecule is Cc1ccc(NC(=O)N2CCCC(CO)(CN(C)C)C2)cc1C(C)C. The molecule has 0 aromatic heterocycles. The molecule has 5 nitrogen and oxygen atoms in total. The molecule has 0 bridgehead atoms. The summed E-state index contributed by atoms with van der Waals surface area (Å²) in [5, 5.41) is 13.0. The van der Waals surface area contributed by atoms with Gasteiger partial charge in [-0.25, -0.2) is 4.79 Å². The van der Waals surface area contributed by atoms with Crippen molar-refractivity contribution in [3.05, 3.63) is 29.3 Å². The fourth-order valence-electron chi connectivity index (χ4n) is 3.90. The normalized spacial score (nSPS) is 21.0. The number of carbonyl (C=O) groups excluding carboxylic acids is 1. The molecule has 0 spiro atoms. The lowest BCUT2D eigenvalue weighted by Crippen LogP contribution is -2.52. The van der Waals surface area contributed by atoms with Gasteiger partial charge in [-0.05, 0) is 63.0 Å². The van der Waals surface area contributed by atoms with Gasteiger partial charge < -0.3 is 20.2 Å². The first-order chi connectivity index (χ1) is 11.8. The summed E-state index contributed by atoms with van der Waals surface area (Å²) in [4.78, 5) is 16.7. The van der Waals surface area contributed by atoms with Crippen molar-refractivity contribution in [1.29, 1.82) is 0 Å². The van der Waals surface area contributed by atoms with Crippen LogP contribution < -0.4 is 5.32 Å². The Morgan fingerprint density at radius 3 is 2.72 bits per heavy atom. The summed E-state index contributed by atoms with van der Waals surface area (Å²) < 4.78 is 0. The quantitative estimate of drug-likeness (QED) is 0.859. The molecule has 0 aliphatic carbocycles. The van der Waals surface area contributed by atoms with Gasteiger partial charge in [0.1, 0.15) is 0 Å². The van der Waals surface area contributed by atoms with E-state index < -0.39 is 0 Å². The molecule has 1 aromatic carbocycles. The molecule has 1 saturated heterocycles. The molecule has 0 radical (unpaired) electrons. The fourth-order valence-corrected chi connectivity index (χ4v) is 3.90. The first kappa shape index (κ1) is 19.7. The van der Waals surface area contributed by atoms with Crippen LogP contribution in [0.4, 0.5) is 10.5 Å². The first-order valence-corrected chi connectivity index (χ1v) is 9.18. The van der Waals surface area contributed by atoms with Crippen molar-refractivity contribution in [2.24, 2.45) is 5.41 Å². The maximum atomic E-state index is 12.7. The zero-order chi connectivity index (χ0) is 18.6. The molecule has 5 heteroatoms. The van der Waals surface area contributed by atoms with Crippen LogP contribution in [0.25, 0.3) is 0 Å². The van der Waals surface area contributed by atoms with Crippen LogP contribution >= 0.6 is 0 Å². The van der Waals surface area contributed by atoms with Crippen LogP contribution in [0.1, 0.15) is 43.7 Å². The molecular formula is C20H33N3O2. The topological polar surface area (TPSA) is 55.8 Å². The van der Waals surface area contributed by atoms with Crippen LogP contribution in [0.15, 0.2) is 18.2 Å². The number of likely N-dealkylation sites (tertiary alicyclic amines) is 1. The number of nitrogens with one attached hydrogen (secondary N) is 1. The molecule has 1 atom stereocenters. The summed E-state index contributed by atoms with van der Waals surface area (Å²) >= 11 is 0. The zero-order valence-corrected chi connectivity index (χ0v) is 16.3. The van der Waals surface area contributed by atoms with Crippen LogP contribution in [0.3, 0.4) is 0 Å². The number of benzene rings is 1. The van der Waals surface area contributed by atoms with Crippen LogP contribution in [0.5, 0.6) is 0 Å². The second kappa shape index (κ2) is 8.19. The Balaban J connectivity index is 2.09. The first-order valence-electron chi connectivity index (χ1n) is 9.18. The van der Waals surface area contributed by atoms with E-state index in [0.717, 1.165) is 31.6 Å². The molecule has 1 aromatic rings. The van der Waals surface area contributed by atoms with Gasteiger partial charge in [0, 0.05) is 30.7 Å². The molecule has 2 N–H and O–H groups in total. The Morgan fingerprint density at radius 1 is 1.40 bits per heavy atom. The molecule has 140 valence electrons. The molecule has 1 unspecified atom stereocenters. The third kappa shape index (κ3) is 4.95. The number of hydrogen-bond acceptors (Lipinski definition) is 3. The highest BCUT2D eigenvalue weighted by molar-refractivity contribution is 5.89. The van der Waals surface area contributed by atoms with E-state index in [1.807, 2.05) is 25.1 Å². The average Bonchev–Trinajstić information content (AvgIpc) is 2.56. The number of aliphatic hydroxyl groups is 1. The number of carbonyl (C=O) groups is 1. The van der Waals surface area contributed by atoms with Gasteiger partial charge in [-0.1, -0.05) is 19.9 Å². The fraction of sp³-hybridized carbons (Fsp3) is 0.650. The predicted octanol–water partition coefficient (Wildman–Crippen LogP) is 3.29. The van der Waals surface area contributed by atoms with Crippen molar-refractivity contribution in [3.8, 4) is 0 Å². The second-order valence-corrected chi connectivity index (χ2v) is 8.08. The molecule has 1 heterocycles. The van der Waals surface area contributed by atoms with E-state index in [4.69, 9.17) is 0 Å². The van der Waals surface area contributed by atoms with Gasteiger partial charge in [-0.3, -0.25) is 0 Å². The maximum Gasteiger partial charge on any atom is 0.321 e. The Kier molecular flexibility index (Phi) is 6.47. The van der Waals surface area contributed by atoms with Crippen LogP contribution in [-0.2, 0) is 0 Å². The number of nitrogens with zero attached hydrogens (tertiary/aromatic N) is 2. The number of amides is 2. The minimum atomic E-state index is -0.227. The van der Waals surface area contributed by atoms with E-state index in [1.165, 1.54) is 11.1 Å². The highest BCUT2D eigenvalue weighted by Crippen LogP contribution is 2.31. The third-order valence-corrected chi connectivity index (χ3v) is 5.09. The Morgan fingerprint density at radius 2 is 2.12 bits per heavy atom. The number of urea groups is 1. The third-order valence-electron chi connectivity index (χ3n) is 5.09. The van der Waals surface area contributed by atoms with E-state index in [-0.39, 0.29) is 18.1 Å². The van der Waals surface area contributed by atoms with Gasteiger partial charge in [-0.2, -0.15) is 0 Å². The summed E-state index contributed by atoms with van der Waals surface area (Å²) in [6.45, 7) is 8.65. The minimum Gasteiger partial charge on any atom is -0.396 e. The van der Waals surface area contributed by atoms with Crippen molar-refractivity contribution in [2.75, 3.05) is 45.7 Å². The number of piperidine rings is 1. The summed E-state index contributed by atoms with van der Waals surface area (Å²) in [7, 11) is 4.02. The van der Waals surface area contributed by atoms with Crippen molar-refractivity contribution in [3.63, 3.8) is 0 Å². The number of anilines is 1. The Hall–Kier alpha value is -1.59. The maximum absolute atomic E-state index is 12.7. The number of aryl methyl sites for hydroxylation is 1. The minimum absolute atomic E-state index is 0.0742. The molecule has 1 aliphatic heterocycles. The van der Waals surface area contributed by atoms with E-state index in [0.29, 0.717) is 12.5 Å². The predicted molar refractivity (Wildman–Crippen MR) is 103 cm³/mol. The standard InChI is InChI=1S/C20H33N3O2/c1-15(2)18-11-17(8-7-16(18)3)21-19(25)23-10-6-9-20(13-23,14-24)12-22(4)5/h7-8,11,15,24H,6,9-10,12-14H2,1-5H3,(H,21,25). The molecule has 1 fully saturated rings. The molecule has 0 saturated carbocycles. The monoisotopic (exact) mass is 347 g/mol. The number of rotatable bonds is 5. The average molecular weight is 348 g/mol. The van der Waals surface area contributed by atoms with Crippen molar-refractivity contribution in [2.45, 2.75) is 39.5 Å². The van der Waals surface area contributed by atoms with Gasteiger partial charge in [0.05, 0.1) is 6.61 Å². The second-order valence-electron chi connectivity index (χ2n) is 8.08. The molecule has 2 rings (SSSR count). The summed E-state index contributed by atoms with van der Waals surface area (Å²) in [5.41, 5.74) is 3.12. The van der Waals surface area contributed by atoms with Crippen molar-refractivity contribution < 1.29 is 9.90 Å². The molecule has 25 heavy (non-hydrogen) atoms. The molecule has 2 amide bonds. The highest BCUT2D eigenvalue weighted by atomic mass is 16.3. The van der Waals surface area contributed by atoms with Gasteiger partial charge in [0.2, 0.25) is 0 Å². The molecular weight excluding hydrogens is 314 g/mol. The number of hydrogen-bond donors (Lipinski definition) is 2. The van der Waals surface area contributed by atoms with Gasteiger partial charge in [-0.15, -0.1) is 0 Å². The van der Waals surface area contributed by atoms with Crippen molar-refractivity contribution >= 4 is 11.7 Å². The highest BCUT2D eigenvalue weighted by Gasteiger charge is 2.37. The largest absolute Gasteiger partial charge is 0.396 e. The van der Waals surface area contributed by atoms with Crippen LogP contribution in [-0.4, -0.2) is 61.3 Å². The lowest BCUT2D eigenvalue weighted by molar-refractivity contribution is 0.0294. The van der Waals surface area contributed by atoms with Crippen LogP contribution in [0.2, 0.25) is 0 Å². The van der Waals surface area contributed by atoms with Gasteiger partial charge in [0.15, 0.2) is 0 Å². The zero-order valence-electron chi connectivity index (χ0n) is 16.3. The lowest BCUT2D eigenvalue weighted by atomic mass is 9.80. The Labute approximate surface area is 152 Å². The summed E-state index contributed by atoms with van der Waals surface area (Å²) in [6, 6.07) is 6.02. The van der Waals surface area contributed by atoms with Crippen molar-refractivity contribution in [1.82, 2.24) is 9.80 Å². The van der Waals surface area contributed by atoms with Gasteiger partial charge in [0.25, 0.3) is 0 Å². The van der Waals surface area contributed by atoms with E-state index >= 15 is 0 Å². The smallest absolute Gasteiger partial charge is 0.321 e. The number of aliphatic hydroxyl groups excluding tert-OH is 1. The molecule has 1 aliphatic rings. The lowest BCUT2D eigenvalue weighted by Gasteiger charge is -2.43. The van der Waals surface area contributed by atoms with E-state index in [1.54, 1.807) is 0 Å². The van der Waals surface area contributed by atoms with Gasteiger partial charge >= 0.3 is 6.03 Å².